The van der Waals surface area contributed by atoms with Crippen molar-refractivity contribution in [3.8, 4) is 22.3 Å². The Morgan fingerprint density at radius 2 is 1.53 bits per heavy atom. The molecule has 0 bridgehead atoms. The number of sulfone groups is 1. The smallest absolute Gasteiger partial charge is 0.267 e. The number of hydrogen-bond acceptors (Lipinski definition) is 4. The van der Waals surface area contributed by atoms with Gasteiger partial charge < -0.3 is 0 Å². The number of hydrogen-bond donors (Lipinski definition) is 0. The Bertz CT molecular complexity index is 1210. The molecule has 0 saturated heterocycles. The molecular weight excluding hydrogens is 403 g/mol. The standard InChI is InChI=1S/C23H23FN2O3S/c1-30(28,29)20-13-9-16(10-14-20)21-15-25-26(19-5-3-2-4-6-19)23(27)22(21)17-7-11-18(24)12-8-17/h7-15,19H,2-6H2,1H3. The van der Waals surface area contributed by atoms with E-state index in [1.165, 1.54) is 30.7 Å². The number of halogens is 1. The van der Waals surface area contributed by atoms with Gasteiger partial charge in [-0.1, -0.05) is 43.5 Å². The van der Waals surface area contributed by atoms with Gasteiger partial charge >= 0.3 is 0 Å². The van der Waals surface area contributed by atoms with Crippen LogP contribution in [0.1, 0.15) is 38.1 Å². The van der Waals surface area contributed by atoms with Crippen LogP contribution < -0.4 is 5.56 Å². The van der Waals surface area contributed by atoms with Gasteiger partial charge in [-0.25, -0.2) is 17.5 Å². The molecule has 1 aromatic heterocycles. The monoisotopic (exact) mass is 426 g/mol. The summed E-state index contributed by atoms with van der Waals surface area (Å²) < 4.78 is 38.6. The molecular formula is C23H23FN2O3S. The van der Waals surface area contributed by atoms with Crippen molar-refractivity contribution in [3.05, 3.63) is 70.9 Å². The molecule has 0 N–H and O–H groups in total. The van der Waals surface area contributed by atoms with E-state index in [4.69, 9.17) is 0 Å². The molecule has 0 atom stereocenters. The summed E-state index contributed by atoms with van der Waals surface area (Å²) in [4.78, 5) is 13.7. The van der Waals surface area contributed by atoms with Gasteiger partial charge in [0.25, 0.3) is 5.56 Å². The van der Waals surface area contributed by atoms with Crippen molar-refractivity contribution in [3.63, 3.8) is 0 Å². The van der Waals surface area contributed by atoms with Crippen LogP contribution in [0.5, 0.6) is 0 Å². The molecule has 0 spiro atoms. The quantitative estimate of drug-likeness (QED) is 0.610. The maximum absolute atomic E-state index is 13.5. The first kappa shape index (κ1) is 20.5. The van der Waals surface area contributed by atoms with E-state index < -0.39 is 9.84 Å². The van der Waals surface area contributed by atoms with Crippen molar-refractivity contribution in [1.82, 2.24) is 9.78 Å². The van der Waals surface area contributed by atoms with E-state index in [0.29, 0.717) is 22.3 Å². The Balaban J connectivity index is 1.88. The average molecular weight is 427 g/mol. The van der Waals surface area contributed by atoms with Gasteiger partial charge in [-0.05, 0) is 48.2 Å². The number of nitrogens with zero attached hydrogens (tertiary/aromatic N) is 2. The second-order valence-corrected chi connectivity index (χ2v) is 9.79. The molecule has 0 aliphatic heterocycles. The highest BCUT2D eigenvalue weighted by Gasteiger charge is 2.22. The van der Waals surface area contributed by atoms with Gasteiger partial charge in [0.2, 0.25) is 0 Å². The van der Waals surface area contributed by atoms with Crippen LogP contribution in [-0.4, -0.2) is 24.5 Å². The second kappa shape index (κ2) is 8.14. The highest BCUT2D eigenvalue weighted by atomic mass is 32.2. The highest BCUT2D eigenvalue weighted by molar-refractivity contribution is 7.90. The molecule has 1 aliphatic carbocycles. The number of benzene rings is 2. The normalized spacial score (nSPS) is 15.3. The molecule has 0 unspecified atom stereocenters. The van der Waals surface area contributed by atoms with Gasteiger partial charge in [-0.3, -0.25) is 4.79 Å². The summed E-state index contributed by atoms with van der Waals surface area (Å²) in [5.74, 6) is -0.375. The van der Waals surface area contributed by atoms with E-state index in [2.05, 4.69) is 5.10 Å². The van der Waals surface area contributed by atoms with E-state index in [1.54, 1.807) is 35.1 Å². The largest absolute Gasteiger partial charge is 0.275 e. The van der Waals surface area contributed by atoms with Gasteiger partial charge in [0.1, 0.15) is 5.82 Å². The SMILES string of the molecule is CS(=O)(=O)c1ccc(-c2cnn(C3CCCCC3)c(=O)c2-c2ccc(F)cc2)cc1. The lowest BCUT2D eigenvalue weighted by Gasteiger charge is -2.24. The lowest BCUT2D eigenvalue weighted by molar-refractivity contribution is 0.319. The molecule has 5 nitrogen and oxygen atoms in total. The zero-order valence-electron chi connectivity index (χ0n) is 16.7. The average Bonchev–Trinajstić information content (AvgIpc) is 2.74. The molecule has 1 aliphatic rings. The van der Waals surface area contributed by atoms with Crippen LogP contribution in [-0.2, 0) is 9.84 Å². The van der Waals surface area contributed by atoms with E-state index in [1.807, 2.05) is 0 Å². The van der Waals surface area contributed by atoms with Crippen molar-refractivity contribution in [2.24, 2.45) is 0 Å². The first-order valence-corrected chi connectivity index (χ1v) is 11.9. The molecule has 0 amide bonds. The molecule has 2 aromatic carbocycles. The minimum absolute atomic E-state index is 0.0621. The summed E-state index contributed by atoms with van der Waals surface area (Å²) in [6.45, 7) is 0. The van der Waals surface area contributed by atoms with Gasteiger partial charge in [0.05, 0.1) is 22.7 Å². The predicted octanol–water partition coefficient (Wildman–Crippen LogP) is 4.63. The Morgan fingerprint density at radius 3 is 2.13 bits per heavy atom. The maximum Gasteiger partial charge on any atom is 0.275 e. The molecule has 30 heavy (non-hydrogen) atoms. The fourth-order valence-corrected chi connectivity index (χ4v) is 4.68. The Morgan fingerprint density at radius 1 is 0.933 bits per heavy atom. The van der Waals surface area contributed by atoms with E-state index in [9.17, 15) is 17.6 Å². The van der Waals surface area contributed by atoms with Gasteiger partial charge in [0.15, 0.2) is 9.84 Å². The van der Waals surface area contributed by atoms with Crippen molar-refractivity contribution < 1.29 is 12.8 Å². The van der Waals surface area contributed by atoms with Crippen molar-refractivity contribution in [2.75, 3.05) is 6.26 Å². The summed E-state index contributed by atoms with van der Waals surface area (Å²) in [5.41, 5.74) is 2.12. The molecule has 0 radical (unpaired) electrons. The minimum Gasteiger partial charge on any atom is -0.267 e. The molecule has 1 saturated carbocycles. The van der Waals surface area contributed by atoms with Crippen LogP contribution in [0.4, 0.5) is 4.39 Å². The fraction of sp³-hybridized carbons (Fsp3) is 0.304. The first-order valence-electron chi connectivity index (χ1n) is 10.0. The molecule has 1 heterocycles. The summed E-state index contributed by atoms with van der Waals surface area (Å²) in [6, 6.07) is 12.3. The first-order chi connectivity index (χ1) is 14.3. The summed E-state index contributed by atoms with van der Waals surface area (Å²) in [5, 5.41) is 4.47. The highest BCUT2D eigenvalue weighted by Crippen LogP contribution is 2.32. The minimum atomic E-state index is -3.32. The third kappa shape index (κ3) is 4.07. The molecule has 1 fully saturated rings. The second-order valence-electron chi connectivity index (χ2n) is 7.78. The maximum atomic E-state index is 13.5. The predicted molar refractivity (Wildman–Crippen MR) is 115 cm³/mol. The summed E-state index contributed by atoms with van der Waals surface area (Å²) in [6.07, 6.45) is 7.94. The third-order valence-corrected chi connectivity index (χ3v) is 6.78. The third-order valence-electron chi connectivity index (χ3n) is 5.65. The molecule has 7 heteroatoms. The van der Waals surface area contributed by atoms with E-state index in [0.717, 1.165) is 31.9 Å². The van der Waals surface area contributed by atoms with Gasteiger partial charge in [-0.2, -0.15) is 5.10 Å². The molecule has 4 rings (SSSR count). The number of aromatic nitrogens is 2. The number of rotatable bonds is 4. The van der Waals surface area contributed by atoms with E-state index in [-0.39, 0.29) is 22.3 Å². The van der Waals surface area contributed by atoms with Crippen LogP contribution in [0.3, 0.4) is 0 Å². The zero-order valence-corrected chi connectivity index (χ0v) is 17.5. The lowest BCUT2D eigenvalue weighted by atomic mass is 9.94. The zero-order chi connectivity index (χ0) is 21.3. The van der Waals surface area contributed by atoms with Crippen molar-refractivity contribution in [1.29, 1.82) is 0 Å². The Kier molecular flexibility index (Phi) is 5.56. The van der Waals surface area contributed by atoms with Crippen LogP contribution in [0.15, 0.2) is 64.4 Å². The van der Waals surface area contributed by atoms with Crippen molar-refractivity contribution >= 4 is 9.84 Å². The molecule has 156 valence electrons. The van der Waals surface area contributed by atoms with Gasteiger partial charge in [-0.15, -0.1) is 0 Å². The van der Waals surface area contributed by atoms with Crippen LogP contribution >= 0.6 is 0 Å². The molecule has 3 aromatic rings. The van der Waals surface area contributed by atoms with Crippen LogP contribution in [0.2, 0.25) is 0 Å². The van der Waals surface area contributed by atoms with E-state index >= 15 is 0 Å². The summed E-state index contributed by atoms with van der Waals surface area (Å²) in [7, 11) is -3.32. The summed E-state index contributed by atoms with van der Waals surface area (Å²) >= 11 is 0. The van der Waals surface area contributed by atoms with Crippen molar-refractivity contribution in [2.45, 2.75) is 43.0 Å². The van der Waals surface area contributed by atoms with Gasteiger partial charge in [0, 0.05) is 11.8 Å². The van der Waals surface area contributed by atoms with Crippen LogP contribution in [0, 0.1) is 5.82 Å². The lowest BCUT2D eigenvalue weighted by Crippen LogP contribution is -2.30. The Labute approximate surface area is 175 Å². The topological polar surface area (TPSA) is 69.0 Å². The fourth-order valence-electron chi connectivity index (χ4n) is 4.05. The van der Waals surface area contributed by atoms with Crippen LogP contribution in [0.25, 0.3) is 22.3 Å². The Hall–Kier alpha value is -2.80.